The molecule has 74 valence electrons. The summed E-state index contributed by atoms with van der Waals surface area (Å²) in [5.41, 5.74) is 3.08. The molecule has 1 heterocycles. The second-order valence-corrected chi connectivity index (χ2v) is 4.37. The van der Waals surface area contributed by atoms with Crippen LogP contribution in [-0.2, 0) is 6.42 Å². The molecule has 1 aliphatic rings. The Morgan fingerprint density at radius 3 is 2.93 bits per heavy atom. The highest BCUT2D eigenvalue weighted by atomic mass is 32.1. The molecule has 0 amide bonds. The van der Waals surface area contributed by atoms with Gasteiger partial charge in [-0.2, -0.15) is 4.37 Å². The fourth-order valence-corrected chi connectivity index (χ4v) is 2.53. The third-order valence-electron chi connectivity index (χ3n) is 2.86. The number of carbonyl (C=O) groups excluding carboxylic acids is 1. The van der Waals surface area contributed by atoms with Crippen molar-refractivity contribution in [3.05, 3.63) is 52.5 Å². The maximum atomic E-state index is 12.0. The molecule has 0 saturated heterocycles. The predicted octanol–water partition coefficient (Wildman–Crippen LogP) is 2.67. The van der Waals surface area contributed by atoms with Gasteiger partial charge in [-0.25, -0.2) is 0 Å². The SMILES string of the molecule is O=C(c1ccsn1)C1Cc2ccccc21. The summed E-state index contributed by atoms with van der Waals surface area (Å²) >= 11 is 1.33. The first-order valence-electron chi connectivity index (χ1n) is 4.88. The summed E-state index contributed by atoms with van der Waals surface area (Å²) in [5.74, 6) is 0.207. The van der Waals surface area contributed by atoms with Crippen LogP contribution in [0, 0.1) is 0 Å². The molecular formula is C12H9NOS. The molecule has 2 nitrogen and oxygen atoms in total. The number of aromatic nitrogens is 1. The van der Waals surface area contributed by atoms with Crippen molar-refractivity contribution in [3.8, 4) is 0 Å². The van der Waals surface area contributed by atoms with Crippen LogP contribution >= 0.6 is 11.5 Å². The zero-order valence-corrected chi connectivity index (χ0v) is 8.83. The molecule has 3 rings (SSSR count). The van der Waals surface area contributed by atoms with Crippen LogP contribution in [0.5, 0.6) is 0 Å². The summed E-state index contributed by atoms with van der Waals surface area (Å²) < 4.78 is 4.08. The molecule has 0 bridgehead atoms. The van der Waals surface area contributed by atoms with Crippen LogP contribution in [0.3, 0.4) is 0 Å². The molecule has 0 saturated carbocycles. The molecule has 1 aliphatic carbocycles. The number of rotatable bonds is 2. The maximum absolute atomic E-state index is 12.0. The molecule has 0 radical (unpaired) electrons. The van der Waals surface area contributed by atoms with Crippen LogP contribution < -0.4 is 0 Å². The first kappa shape index (κ1) is 8.80. The van der Waals surface area contributed by atoms with E-state index in [-0.39, 0.29) is 11.7 Å². The van der Waals surface area contributed by atoms with Gasteiger partial charge in [-0.1, -0.05) is 24.3 Å². The zero-order chi connectivity index (χ0) is 10.3. The maximum Gasteiger partial charge on any atom is 0.190 e. The Morgan fingerprint density at radius 1 is 1.33 bits per heavy atom. The van der Waals surface area contributed by atoms with E-state index in [0.29, 0.717) is 5.69 Å². The number of carbonyl (C=O) groups is 1. The molecule has 3 heteroatoms. The van der Waals surface area contributed by atoms with Crippen molar-refractivity contribution in [2.75, 3.05) is 0 Å². The second kappa shape index (κ2) is 3.28. The van der Waals surface area contributed by atoms with Crippen LogP contribution in [0.1, 0.15) is 27.5 Å². The van der Waals surface area contributed by atoms with Crippen LogP contribution in [0.25, 0.3) is 0 Å². The van der Waals surface area contributed by atoms with E-state index in [2.05, 4.69) is 10.4 Å². The number of ketones is 1. The lowest BCUT2D eigenvalue weighted by molar-refractivity contribution is 0.0945. The molecule has 15 heavy (non-hydrogen) atoms. The Labute approximate surface area is 91.7 Å². The Bertz CT molecular complexity index is 504. The van der Waals surface area contributed by atoms with E-state index in [9.17, 15) is 4.79 Å². The van der Waals surface area contributed by atoms with Gasteiger partial charge in [0.15, 0.2) is 5.78 Å². The van der Waals surface area contributed by atoms with Crippen molar-refractivity contribution in [3.63, 3.8) is 0 Å². The highest BCUT2D eigenvalue weighted by molar-refractivity contribution is 7.03. The zero-order valence-electron chi connectivity index (χ0n) is 8.01. The fourth-order valence-electron chi connectivity index (χ4n) is 2.01. The van der Waals surface area contributed by atoms with Gasteiger partial charge in [0.05, 0.1) is 5.92 Å². The van der Waals surface area contributed by atoms with E-state index in [4.69, 9.17) is 0 Å². The molecule has 1 aromatic heterocycles. The molecule has 2 aromatic rings. The van der Waals surface area contributed by atoms with Gasteiger partial charge < -0.3 is 0 Å². The number of hydrogen-bond acceptors (Lipinski definition) is 3. The number of Topliss-reactive ketones (excluding diaryl/α,β-unsaturated/α-hetero) is 1. The van der Waals surface area contributed by atoms with Gasteiger partial charge in [-0.15, -0.1) is 0 Å². The lowest BCUT2D eigenvalue weighted by Gasteiger charge is -2.28. The molecule has 0 fully saturated rings. The third-order valence-corrected chi connectivity index (χ3v) is 3.42. The Kier molecular flexibility index (Phi) is 1.92. The predicted molar refractivity (Wildman–Crippen MR) is 59.3 cm³/mol. The smallest absolute Gasteiger partial charge is 0.190 e. The Morgan fingerprint density at radius 2 is 2.20 bits per heavy atom. The lowest BCUT2D eigenvalue weighted by Crippen LogP contribution is -2.25. The summed E-state index contributed by atoms with van der Waals surface area (Å²) in [6.07, 6.45) is 0.868. The summed E-state index contributed by atoms with van der Waals surface area (Å²) in [5, 5.41) is 1.85. The monoisotopic (exact) mass is 215 g/mol. The molecule has 1 aromatic carbocycles. The number of hydrogen-bond donors (Lipinski definition) is 0. The van der Waals surface area contributed by atoms with Gasteiger partial charge in [0.25, 0.3) is 0 Å². The van der Waals surface area contributed by atoms with E-state index in [1.165, 1.54) is 22.7 Å². The van der Waals surface area contributed by atoms with Gasteiger partial charge in [0.1, 0.15) is 5.69 Å². The summed E-state index contributed by atoms with van der Waals surface area (Å²) in [6.45, 7) is 0. The van der Waals surface area contributed by atoms with Gasteiger partial charge in [-0.3, -0.25) is 4.79 Å². The average molecular weight is 215 g/mol. The average Bonchev–Trinajstić information content (AvgIpc) is 2.72. The van der Waals surface area contributed by atoms with E-state index in [1.54, 1.807) is 6.07 Å². The van der Waals surface area contributed by atoms with Crippen molar-refractivity contribution in [1.29, 1.82) is 0 Å². The second-order valence-electron chi connectivity index (χ2n) is 3.70. The van der Waals surface area contributed by atoms with Crippen molar-refractivity contribution in [2.24, 2.45) is 0 Å². The minimum atomic E-state index is 0.0447. The van der Waals surface area contributed by atoms with Crippen LogP contribution in [0.2, 0.25) is 0 Å². The van der Waals surface area contributed by atoms with E-state index >= 15 is 0 Å². The van der Waals surface area contributed by atoms with Gasteiger partial charge in [0, 0.05) is 5.38 Å². The van der Waals surface area contributed by atoms with Crippen molar-refractivity contribution < 1.29 is 4.79 Å². The highest BCUT2D eigenvalue weighted by Crippen LogP contribution is 2.36. The number of nitrogens with zero attached hydrogens (tertiary/aromatic N) is 1. The topological polar surface area (TPSA) is 30.0 Å². The molecule has 1 unspecified atom stereocenters. The highest BCUT2D eigenvalue weighted by Gasteiger charge is 2.32. The van der Waals surface area contributed by atoms with Crippen molar-refractivity contribution >= 4 is 17.3 Å². The Balaban J connectivity index is 1.91. The minimum absolute atomic E-state index is 0.0447. The molecular weight excluding hydrogens is 206 g/mol. The van der Waals surface area contributed by atoms with Crippen LogP contribution in [0.4, 0.5) is 0 Å². The first-order valence-corrected chi connectivity index (χ1v) is 5.72. The van der Waals surface area contributed by atoms with E-state index in [1.807, 2.05) is 23.6 Å². The summed E-state index contributed by atoms with van der Waals surface area (Å²) in [4.78, 5) is 12.0. The number of benzene rings is 1. The Hall–Kier alpha value is -1.48. The normalized spacial score (nSPS) is 18.0. The largest absolute Gasteiger partial charge is 0.292 e. The van der Waals surface area contributed by atoms with E-state index in [0.717, 1.165) is 6.42 Å². The molecule has 1 atom stereocenters. The standard InChI is InChI=1S/C12H9NOS/c14-12(11-5-6-15-13-11)10-7-8-3-1-2-4-9(8)10/h1-6,10H,7H2. The fraction of sp³-hybridized carbons (Fsp3) is 0.167. The molecule has 0 aliphatic heterocycles. The number of fused-ring (bicyclic) bond motifs is 1. The molecule has 0 spiro atoms. The summed E-state index contributed by atoms with van der Waals surface area (Å²) in [6, 6.07) is 9.92. The van der Waals surface area contributed by atoms with Gasteiger partial charge >= 0.3 is 0 Å². The summed E-state index contributed by atoms with van der Waals surface area (Å²) in [7, 11) is 0. The van der Waals surface area contributed by atoms with Crippen LogP contribution in [-0.4, -0.2) is 10.2 Å². The minimum Gasteiger partial charge on any atom is -0.292 e. The van der Waals surface area contributed by atoms with Crippen molar-refractivity contribution in [1.82, 2.24) is 4.37 Å². The first-order chi connectivity index (χ1) is 7.36. The van der Waals surface area contributed by atoms with E-state index < -0.39 is 0 Å². The van der Waals surface area contributed by atoms with Crippen molar-refractivity contribution in [2.45, 2.75) is 12.3 Å². The quantitative estimate of drug-likeness (QED) is 0.721. The lowest BCUT2D eigenvalue weighted by atomic mass is 9.74. The van der Waals surface area contributed by atoms with Crippen LogP contribution in [0.15, 0.2) is 35.7 Å². The molecule has 0 N–H and O–H groups in total. The third kappa shape index (κ3) is 1.31. The van der Waals surface area contributed by atoms with Gasteiger partial charge in [0.2, 0.25) is 0 Å². The van der Waals surface area contributed by atoms with Gasteiger partial charge in [-0.05, 0) is 35.1 Å².